The minimum absolute atomic E-state index is 0.0229. The molecular formula is C16H17F3N4O3. The SMILES string of the molecule is Cc1cccc(N2N=C(C(=O)NCC(=O)NCC(F)(F)F)CCC2=O)c1. The highest BCUT2D eigenvalue weighted by Gasteiger charge is 2.28. The van der Waals surface area contributed by atoms with E-state index in [1.165, 1.54) is 0 Å². The van der Waals surface area contributed by atoms with Crippen molar-refractivity contribution < 1.29 is 27.6 Å². The number of nitrogens with one attached hydrogen (secondary N) is 2. The quantitative estimate of drug-likeness (QED) is 0.818. The van der Waals surface area contributed by atoms with Crippen molar-refractivity contribution in [3.63, 3.8) is 0 Å². The fraction of sp³-hybridized carbons (Fsp3) is 0.375. The van der Waals surface area contributed by atoms with Gasteiger partial charge in [-0.2, -0.15) is 18.3 Å². The van der Waals surface area contributed by atoms with Gasteiger partial charge in [-0.25, -0.2) is 5.01 Å². The van der Waals surface area contributed by atoms with E-state index in [1.54, 1.807) is 23.5 Å². The summed E-state index contributed by atoms with van der Waals surface area (Å²) in [7, 11) is 0. The summed E-state index contributed by atoms with van der Waals surface area (Å²) in [5, 5.41) is 8.97. The van der Waals surface area contributed by atoms with Gasteiger partial charge in [0.25, 0.3) is 5.91 Å². The molecule has 0 radical (unpaired) electrons. The zero-order valence-electron chi connectivity index (χ0n) is 13.9. The fourth-order valence-corrected chi connectivity index (χ4v) is 2.20. The number of hydrogen-bond acceptors (Lipinski definition) is 4. The van der Waals surface area contributed by atoms with E-state index in [4.69, 9.17) is 0 Å². The molecule has 0 aliphatic carbocycles. The first-order valence-electron chi connectivity index (χ1n) is 7.74. The maximum absolute atomic E-state index is 12.1. The molecule has 10 heteroatoms. The number of nitrogens with zero attached hydrogens (tertiary/aromatic N) is 2. The summed E-state index contributed by atoms with van der Waals surface area (Å²) in [5.74, 6) is -1.97. The molecule has 1 aliphatic rings. The summed E-state index contributed by atoms with van der Waals surface area (Å²) in [5.41, 5.74) is 1.43. The first-order valence-corrected chi connectivity index (χ1v) is 7.74. The van der Waals surface area contributed by atoms with Crippen LogP contribution < -0.4 is 15.6 Å². The molecule has 0 fully saturated rings. The molecule has 0 bridgehead atoms. The highest BCUT2D eigenvalue weighted by molar-refractivity contribution is 6.40. The van der Waals surface area contributed by atoms with Gasteiger partial charge in [-0.15, -0.1) is 0 Å². The van der Waals surface area contributed by atoms with Crippen molar-refractivity contribution in [3.8, 4) is 0 Å². The number of carbonyl (C=O) groups excluding carboxylic acids is 3. The van der Waals surface area contributed by atoms with Crippen molar-refractivity contribution in [2.24, 2.45) is 5.10 Å². The number of rotatable bonds is 5. The Hall–Kier alpha value is -2.91. The third-order valence-corrected chi connectivity index (χ3v) is 3.44. The van der Waals surface area contributed by atoms with Crippen LogP contribution in [-0.2, 0) is 14.4 Å². The molecule has 0 unspecified atom stereocenters. The Kier molecular flexibility index (Phi) is 5.96. The molecule has 1 aromatic carbocycles. The third-order valence-electron chi connectivity index (χ3n) is 3.44. The van der Waals surface area contributed by atoms with Crippen LogP contribution in [-0.4, -0.2) is 42.7 Å². The number of halogens is 3. The van der Waals surface area contributed by atoms with Gasteiger partial charge in [-0.05, 0) is 24.6 Å². The molecule has 0 atom stereocenters. The summed E-state index contributed by atoms with van der Waals surface area (Å²) in [6.07, 6.45) is -4.39. The average molecular weight is 370 g/mol. The molecule has 140 valence electrons. The van der Waals surface area contributed by atoms with E-state index in [2.05, 4.69) is 10.4 Å². The van der Waals surface area contributed by atoms with Crippen molar-refractivity contribution in [3.05, 3.63) is 29.8 Å². The average Bonchev–Trinajstić information content (AvgIpc) is 2.57. The number of carbonyl (C=O) groups is 3. The normalized spacial score (nSPS) is 14.7. The van der Waals surface area contributed by atoms with Crippen molar-refractivity contribution in [1.82, 2.24) is 10.6 Å². The van der Waals surface area contributed by atoms with Crippen molar-refractivity contribution in [1.29, 1.82) is 0 Å². The van der Waals surface area contributed by atoms with Gasteiger partial charge in [0, 0.05) is 12.8 Å². The summed E-state index contributed by atoms with van der Waals surface area (Å²) in [6.45, 7) is -0.251. The second kappa shape index (κ2) is 7.98. The van der Waals surface area contributed by atoms with Gasteiger partial charge >= 0.3 is 6.18 Å². The van der Waals surface area contributed by atoms with Crippen LogP contribution >= 0.6 is 0 Å². The Morgan fingerprint density at radius 1 is 1.23 bits per heavy atom. The lowest BCUT2D eigenvalue weighted by Crippen LogP contribution is -2.44. The summed E-state index contributed by atoms with van der Waals surface area (Å²) in [4.78, 5) is 35.4. The van der Waals surface area contributed by atoms with E-state index in [-0.39, 0.29) is 24.5 Å². The van der Waals surface area contributed by atoms with Crippen molar-refractivity contribution >= 4 is 29.1 Å². The minimum atomic E-state index is -4.53. The first-order chi connectivity index (χ1) is 12.2. The van der Waals surface area contributed by atoms with E-state index in [0.29, 0.717) is 5.69 Å². The largest absolute Gasteiger partial charge is 0.405 e. The van der Waals surface area contributed by atoms with Gasteiger partial charge in [0.15, 0.2) is 0 Å². The van der Waals surface area contributed by atoms with Crippen molar-refractivity contribution in [2.75, 3.05) is 18.1 Å². The molecule has 1 aliphatic heterocycles. The number of anilines is 1. The number of alkyl halides is 3. The van der Waals surface area contributed by atoms with Gasteiger partial charge < -0.3 is 10.6 Å². The molecule has 26 heavy (non-hydrogen) atoms. The van der Waals surface area contributed by atoms with Gasteiger partial charge in [-0.1, -0.05) is 12.1 Å². The van der Waals surface area contributed by atoms with Gasteiger partial charge in [0.2, 0.25) is 11.8 Å². The van der Waals surface area contributed by atoms with Crippen LogP contribution in [0, 0.1) is 6.92 Å². The zero-order chi connectivity index (χ0) is 19.3. The van der Waals surface area contributed by atoms with Crippen LogP contribution in [0.4, 0.5) is 18.9 Å². The lowest BCUT2D eigenvalue weighted by atomic mass is 10.1. The number of hydrazone groups is 1. The topological polar surface area (TPSA) is 90.9 Å². The predicted molar refractivity (Wildman–Crippen MR) is 87.4 cm³/mol. The Morgan fingerprint density at radius 2 is 1.96 bits per heavy atom. The van der Waals surface area contributed by atoms with Crippen LogP contribution in [0.15, 0.2) is 29.4 Å². The molecule has 1 aromatic rings. The molecule has 2 N–H and O–H groups in total. The summed E-state index contributed by atoms with van der Waals surface area (Å²) < 4.78 is 36.0. The van der Waals surface area contributed by atoms with E-state index < -0.39 is 31.1 Å². The zero-order valence-corrected chi connectivity index (χ0v) is 13.9. The highest BCUT2D eigenvalue weighted by atomic mass is 19.4. The van der Waals surface area contributed by atoms with Crippen LogP contribution in [0.5, 0.6) is 0 Å². The molecule has 2 rings (SSSR count). The molecule has 7 nitrogen and oxygen atoms in total. The van der Waals surface area contributed by atoms with Gasteiger partial charge in [0.1, 0.15) is 12.3 Å². The number of benzene rings is 1. The Labute approximate surface area is 147 Å². The predicted octanol–water partition coefficient (Wildman–Crippen LogP) is 1.27. The van der Waals surface area contributed by atoms with Crippen LogP contribution in [0.3, 0.4) is 0 Å². The van der Waals surface area contributed by atoms with E-state index in [1.807, 2.05) is 13.0 Å². The minimum Gasteiger partial charge on any atom is -0.345 e. The molecule has 3 amide bonds. The monoisotopic (exact) mass is 370 g/mol. The standard InChI is InChI=1S/C16H17F3N4O3/c1-10-3-2-4-11(7-10)23-14(25)6-5-12(22-23)15(26)20-8-13(24)21-9-16(17,18)19/h2-4,7H,5-6,8-9H2,1H3,(H,20,26)(H,21,24). The molecule has 1 heterocycles. The van der Waals surface area contributed by atoms with E-state index >= 15 is 0 Å². The number of amides is 3. The Morgan fingerprint density at radius 3 is 2.62 bits per heavy atom. The van der Waals surface area contributed by atoms with Gasteiger partial charge in [0.05, 0.1) is 12.2 Å². The smallest absolute Gasteiger partial charge is 0.345 e. The van der Waals surface area contributed by atoms with E-state index in [9.17, 15) is 27.6 Å². The molecule has 0 aromatic heterocycles. The second-order valence-electron chi connectivity index (χ2n) is 5.67. The fourth-order valence-electron chi connectivity index (χ4n) is 2.20. The van der Waals surface area contributed by atoms with Gasteiger partial charge in [-0.3, -0.25) is 14.4 Å². The van der Waals surface area contributed by atoms with Crippen molar-refractivity contribution in [2.45, 2.75) is 25.9 Å². The lowest BCUT2D eigenvalue weighted by molar-refractivity contribution is -0.138. The molecule has 0 saturated heterocycles. The summed E-state index contributed by atoms with van der Waals surface area (Å²) in [6, 6.07) is 6.98. The second-order valence-corrected chi connectivity index (χ2v) is 5.67. The van der Waals surface area contributed by atoms with E-state index in [0.717, 1.165) is 10.6 Å². The third kappa shape index (κ3) is 5.57. The maximum atomic E-state index is 12.1. The Balaban J connectivity index is 1.98. The van der Waals surface area contributed by atoms with Crippen LogP contribution in [0.25, 0.3) is 0 Å². The maximum Gasteiger partial charge on any atom is 0.405 e. The summed E-state index contributed by atoms with van der Waals surface area (Å²) >= 11 is 0. The Bertz CT molecular complexity index is 747. The number of aryl methyl sites for hydroxylation is 1. The molecule has 0 saturated carbocycles. The highest BCUT2D eigenvalue weighted by Crippen LogP contribution is 2.21. The van der Waals surface area contributed by atoms with Crippen LogP contribution in [0.1, 0.15) is 18.4 Å². The molecule has 0 spiro atoms. The molecular weight excluding hydrogens is 353 g/mol. The lowest BCUT2D eigenvalue weighted by Gasteiger charge is -2.23. The first kappa shape index (κ1) is 19.4. The van der Waals surface area contributed by atoms with Crippen LogP contribution in [0.2, 0.25) is 0 Å². The number of hydrogen-bond donors (Lipinski definition) is 2.